The maximum atomic E-state index is 5.98. The second kappa shape index (κ2) is 5.85. The van der Waals surface area contributed by atoms with Gasteiger partial charge in [-0.1, -0.05) is 23.2 Å². The zero-order valence-corrected chi connectivity index (χ0v) is 13.0. The number of anilines is 3. The Bertz CT molecular complexity index is 608. The molecule has 0 spiro atoms. The quantitative estimate of drug-likeness (QED) is 0.860. The molecule has 0 amide bonds. The van der Waals surface area contributed by atoms with Crippen molar-refractivity contribution in [2.75, 3.05) is 10.6 Å². The molecule has 0 saturated carbocycles. The van der Waals surface area contributed by atoms with Crippen LogP contribution in [0.1, 0.15) is 20.8 Å². The van der Waals surface area contributed by atoms with E-state index in [0.717, 1.165) is 11.5 Å². The van der Waals surface area contributed by atoms with Crippen molar-refractivity contribution < 1.29 is 0 Å². The van der Waals surface area contributed by atoms with Gasteiger partial charge in [0.05, 0.1) is 10.0 Å². The van der Waals surface area contributed by atoms with Crippen LogP contribution in [0.3, 0.4) is 0 Å². The molecule has 20 heavy (non-hydrogen) atoms. The Balaban J connectivity index is 2.17. The smallest absolute Gasteiger partial charge is 0.135 e. The fourth-order valence-electron chi connectivity index (χ4n) is 1.60. The Morgan fingerprint density at radius 1 is 0.950 bits per heavy atom. The molecule has 106 valence electrons. The lowest BCUT2D eigenvalue weighted by atomic mass is 10.1. The molecule has 0 aliphatic rings. The van der Waals surface area contributed by atoms with Crippen LogP contribution >= 0.6 is 23.2 Å². The van der Waals surface area contributed by atoms with E-state index in [1.54, 1.807) is 12.1 Å². The van der Waals surface area contributed by atoms with Crippen LogP contribution < -0.4 is 10.6 Å². The molecule has 0 radical (unpaired) electrons. The van der Waals surface area contributed by atoms with Crippen molar-refractivity contribution in [3.05, 3.63) is 40.6 Å². The van der Waals surface area contributed by atoms with Gasteiger partial charge in [-0.25, -0.2) is 9.97 Å². The van der Waals surface area contributed by atoms with Crippen molar-refractivity contribution in [2.24, 2.45) is 0 Å². The van der Waals surface area contributed by atoms with Gasteiger partial charge in [-0.2, -0.15) is 0 Å². The van der Waals surface area contributed by atoms with Gasteiger partial charge in [0, 0.05) is 17.3 Å². The van der Waals surface area contributed by atoms with Crippen molar-refractivity contribution in [2.45, 2.75) is 26.3 Å². The largest absolute Gasteiger partial charge is 0.365 e. The molecule has 0 atom stereocenters. The molecule has 2 N–H and O–H groups in total. The van der Waals surface area contributed by atoms with Crippen LogP contribution in [0.2, 0.25) is 10.0 Å². The van der Waals surface area contributed by atoms with Gasteiger partial charge < -0.3 is 10.6 Å². The van der Waals surface area contributed by atoms with Crippen molar-refractivity contribution in [1.82, 2.24) is 9.97 Å². The second-order valence-corrected chi connectivity index (χ2v) is 6.23. The fourth-order valence-corrected chi connectivity index (χ4v) is 1.90. The van der Waals surface area contributed by atoms with Crippen molar-refractivity contribution in [3.8, 4) is 0 Å². The Hall–Kier alpha value is -1.52. The zero-order chi connectivity index (χ0) is 14.8. The first-order chi connectivity index (χ1) is 9.33. The van der Waals surface area contributed by atoms with Gasteiger partial charge in [0.25, 0.3) is 0 Å². The second-order valence-electron chi connectivity index (χ2n) is 5.42. The third-order valence-corrected chi connectivity index (χ3v) is 3.10. The first-order valence-electron chi connectivity index (χ1n) is 6.16. The summed E-state index contributed by atoms with van der Waals surface area (Å²) >= 11 is 11.9. The number of rotatable bonds is 3. The summed E-state index contributed by atoms with van der Waals surface area (Å²) in [4.78, 5) is 8.37. The molecular weight excluding hydrogens is 295 g/mol. The molecule has 4 nitrogen and oxygen atoms in total. The normalized spacial score (nSPS) is 11.2. The van der Waals surface area contributed by atoms with E-state index < -0.39 is 0 Å². The Kier molecular flexibility index (Phi) is 4.35. The predicted molar refractivity (Wildman–Crippen MR) is 85.2 cm³/mol. The van der Waals surface area contributed by atoms with Crippen LogP contribution in [0, 0.1) is 0 Å². The number of hydrogen-bond acceptors (Lipinski definition) is 4. The summed E-state index contributed by atoms with van der Waals surface area (Å²) in [6.07, 6.45) is 1.51. The number of halogens is 2. The van der Waals surface area contributed by atoms with E-state index in [4.69, 9.17) is 23.2 Å². The summed E-state index contributed by atoms with van der Waals surface area (Å²) in [5.74, 6) is 1.44. The van der Waals surface area contributed by atoms with Crippen LogP contribution in [0.5, 0.6) is 0 Å². The average molecular weight is 311 g/mol. The Morgan fingerprint density at radius 3 is 2.30 bits per heavy atom. The number of nitrogens with one attached hydrogen (secondary N) is 2. The molecule has 6 heteroatoms. The van der Waals surface area contributed by atoms with Gasteiger partial charge in [0.15, 0.2) is 0 Å². The van der Waals surface area contributed by atoms with Crippen LogP contribution in [0.25, 0.3) is 0 Å². The van der Waals surface area contributed by atoms with Crippen molar-refractivity contribution >= 4 is 40.5 Å². The van der Waals surface area contributed by atoms with Gasteiger partial charge in [-0.15, -0.1) is 0 Å². The minimum Gasteiger partial charge on any atom is -0.365 e. The summed E-state index contributed by atoms with van der Waals surface area (Å²) in [7, 11) is 0. The van der Waals surface area contributed by atoms with E-state index in [1.165, 1.54) is 6.33 Å². The summed E-state index contributed by atoms with van der Waals surface area (Å²) in [5, 5.41) is 7.48. The van der Waals surface area contributed by atoms with Crippen LogP contribution in [-0.4, -0.2) is 15.5 Å². The molecule has 0 fully saturated rings. The summed E-state index contributed by atoms with van der Waals surface area (Å²) < 4.78 is 0. The third-order valence-electron chi connectivity index (χ3n) is 2.36. The average Bonchev–Trinajstić information content (AvgIpc) is 2.32. The molecule has 0 unspecified atom stereocenters. The van der Waals surface area contributed by atoms with Gasteiger partial charge in [-0.3, -0.25) is 0 Å². The van der Waals surface area contributed by atoms with E-state index in [0.29, 0.717) is 15.9 Å². The monoisotopic (exact) mass is 310 g/mol. The van der Waals surface area contributed by atoms with E-state index >= 15 is 0 Å². The van der Waals surface area contributed by atoms with E-state index in [-0.39, 0.29) is 5.54 Å². The van der Waals surface area contributed by atoms with Gasteiger partial charge in [-0.05, 0) is 39.0 Å². The number of benzene rings is 1. The summed E-state index contributed by atoms with van der Waals surface area (Å²) in [5.41, 5.74) is 0.759. The predicted octanol–water partition coefficient (Wildman–Crippen LogP) is 4.74. The van der Waals surface area contributed by atoms with E-state index in [2.05, 4.69) is 41.4 Å². The molecule has 1 heterocycles. The summed E-state index contributed by atoms with van der Waals surface area (Å²) in [6.45, 7) is 6.21. The highest BCUT2D eigenvalue weighted by Crippen LogP contribution is 2.26. The van der Waals surface area contributed by atoms with Crippen molar-refractivity contribution in [3.63, 3.8) is 0 Å². The Morgan fingerprint density at radius 2 is 1.65 bits per heavy atom. The molecular formula is C14H16Cl2N4. The number of hydrogen-bond donors (Lipinski definition) is 2. The minimum absolute atomic E-state index is 0.0603. The highest BCUT2D eigenvalue weighted by molar-refractivity contribution is 6.42. The van der Waals surface area contributed by atoms with Crippen LogP contribution in [0.4, 0.5) is 17.3 Å². The van der Waals surface area contributed by atoms with Crippen molar-refractivity contribution in [1.29, 1.82) is 0 Å². The highest BCUT2D eigenvalue weighted by Gasteiger charge is 2.10. The molecule has 0 aliphatic carbocycles. The maximum absolute atomic E-state index is 5.98. The van der Waals surface area contributed by atoms with Gasteiger partial charge >= 0.3 is 0 Å². The minimum atomic E-state index is -0.0603. The molecule has 2 aromatic rings. The number of nitrogens with zero attached hydrogens (tertiary/aromatic N) is 2. The van der Waals surface area contributed by atoms with Crippen LogP contribution in [-0.2, 0) is 0 Å². The van der Waals surface area contributed by atoms with E-state index in [9.17, 15) is 0 Å². The Labute approximate surface area is 128 Å². The first kappa shape index (κ1) is 14.9. The molecule has 0 saturated heterocycles. The molecule has 0 bridgehead atoms. The zero-order valence-electron chi connectivity index (χ0n) is 11.5. The van der Waals surface area contributed by atoms with E-state index in [1.807, 2.05) is 12.1 Å². The summed E-state index contributed by atoms with van der Waals surface area (Å²) in [6, 6.07) is 7.17. The third kappa shape index (κ3) is 4.25. The highest BCUT2D eigenvalue weighted by atomic mass is 35.5. The fraction of sp³-hybridized carbons (Fsp3) is 0.286. The van der Waals surface area contributed by atoms with Gasteiger partial charge in [0.1, 0.15) is 18.0 Å². The topological polar surface area (TPSA) is 49.8 Å². The lowest BCUT2D eigenvalue weighted by Crippen LogP contribution is -2.26. The maximum Gasteiger partial charge on any atom is 0.135 e. The molecule has 2 rings (SSSR count). The standard InChI is InChI=1S/C14H16Cl2N4/c1-14(2,3)20-13-7-12(17-8-18-13)19-9-4-5-10(15)11(16)6-9/h4-8H,1-3H3,(H2,17,18,19,20). The molecule has 0 aliphatic heterocycles. The first-order valence-corrected chi connectivity index (χ1v) is 6.91. The molecule has 1 aromatic carbocycles. The SMILES string of the molecule is CC(C)(C)Nc1cc(Nc2ccc(Cl)c(Cl)c2)ncn1. The number of aromatic nitrogens is 2. The molecule has 1 aromatic heterocycles. The lowest BCUT2D eigenvalue weighted by molar-refractivity contribution is 0.630. The van der Waals surface area contributed by atoms with Gasteiger partial charge in [0.2, 0.25) is 0 Å². The van der Waals surface area contributed by atoms with Crippen LogP contribution in [0.15, 0.2) is 30.6 Å². The lowest BCUT2D eigenvalue weighted by Gasteiger charge is -2.21.